The number of imide groups is 1. The summed E-state index contributed by atoms with van der Waals surface area (Å²) < 4.78 is 6.56. The van der Waals surface area contributed by atoms with Gasteiger partial charge in [0.2, 0.25) is 17.7 Å². The van der Waals surface area contributed by atoms with Crippen molar-refractivity contribution >= 4 is 46.8 Å². The molecular formula is C48H56N4O11. The molecule has 3 saturated carbocycles. The molecule has 0 saturated heterocycles. The Morgan fingerprint density at radius 2 is 1.57 bits per heavy atom. The molecule has 2 aromatic carbocycles. The first-order valence-corrected chi connectivity index (χ1v) is 21.6. The molecule has 15 nitrogen and oxygen atoms in total. The Morgan fingerprint density at radius 1 is 0.889 bits per heavy atom. The van der Waals surface area contributed by atoms with Crippen molar-refractivity contribution in [1.82, 2.24) is 15.5 Å². The van der Waals surface area contributed by atoms with Crippen LogP contribution in [0.3, 0.4) is 0 Å². The average Bonchev–Trinajstić information content (AvgIpc) is 3.68. The summed E-state index contributed by atoms with van der Waals surface area (Å²) in [7, 11) is 0. The number of amides is 5. The van der Waals surface area contributed by atoms with Crippen molar-refractivity contribution in [3.8, 4) is 0 Å². The van der Waals surface area contributed by atoms with Gasteiger partial charge in [0.1, 0.15) is 18.7 Å². The van der Waals surface area contributed by atoms with Crippen LogP contribution in [-0.4, -0.2) is 104 Å². The number of benzene rings is 2. The van der Waals surface area contributed by atoms with Gasteiger partial charge in [0.05, 0.1) is 18.8 Å². The summed E-state index contributed by atoms with van der Waals surface area (Å²) in [5.74, 6) is -3.71. The highest BCUT2D eigenvalue weighted by molar-refractivity contribution is 6.13. The van der Waals surface area contributed by atoms with Gasteiger partial charge in [-0.1, -0.05) is 61.9 Å². The minimum atomic E-state index is -1.75. The summed E-state index contributed by atoms with van der Waals surface area (Å²) in [6, 6.07) is 12.9. The van der Waals surface area contributed by atoms with Crippen molar-refractivity contribution in [3.05, 3.63) is 101 Å². The number of Topliss-reactive ketones (excluding diaryl/α,β-unsaturated/α-hetero) is 1. The first-order valence-electron chi connectivity index (χ1n) is 21.6. The van der Waals surface area contributed by atoms with Crippen LogP contribution in [0.4, 0.5) is 5.69 Å². The van der Waals surface area contributed by atoms with Crippen LogP contribution < -0.4 is 16.0 Å². The second-order valence-corrected chi connectivity index (χ2v) is 18.2. The van der Waals surface area contributed by atoms with Gasteiger partial charge in [0, 0.05) is 47.6 Å². The van der Waals surface area contributed by atoms with Crippen LogP contribution in [0.25, 0.3) is 0 Å². The van der Waals surface area contributed by atoms with Crippen LogP contribution >= 0.6 is 0 Å². The molecule has 0 aromatic heterocycles. The van der Waals surface area contributed by atoms with E-state index in [9.17, 15) is 48.9 Å². The summed E-state index contributed by atoms with van der Waals surface area (Å²) in [5.41, 5.74) is 0.857. The van der Waals surface area contributed by atoms with Crippen molar-refractivity contribution in [2.24, 2.45) is 28.6 Å². The maximum Gasteiger partial charge on any atom is 0.253 e. The number of carbonyl (C=O) groups is 7. The molecule has 15 heteroatoms. The molecule has 5 aliphatic rings. The number of nitrogens with zero attached hydrogens (tertiary/aromatic N) is 1. The minimum Gasteiger partial charge on any atom is -0.393 e. The predicted octanol–water partition coefficient (Wildman–Crippen LogP) is 2.61. The van der Waals surface area contributed by atoms with Crippen molar-refractivity contribution in [2.45, 2.75) is 103 Å². The molecule has 334 valence electrons. The zero-order valence-corrected chi connectivity index (χ0v) is 36.0. The van der Waals surface area contributed by atoms with E-state index in [0.717, 1.165) is 39.3 Å². The Labute approximate surface area is 366 Å². The van der Waals surface area contributed by atoms with E-state index in [1.165, 1.54) is 13.8 Å². The first kappa shape index (κ1) is 45.4. The fraction of sp³-hybridized carbons (Fsp3) is 0.479. The van der Waals surface area contributed by atoms with Gasteiger partial charge in [-0.05, 0) is 98.8 Å². The molecule has 7 rings (SSSR count). The molecule has 3 fully saturated rings. The smallest absolute Gasteiger partial charge is 0.253 e. The maximum absolute atomic E-state index is 13.8. The van der Waals surface area contributed by atoms with Crippen LogP contribution in [0.2, 0.25) is 0 Å². The Balaban J connectivity index is 0.939. The number of allylic oxidation sites excluding steroid dienone is 4. The molecule has 2 aromatic rings. The number of carbonyl (C=O) groups excluding carboxylic acids is 7. The van der Waals surface area contributed by atoms with Gasteiger partial charge in [-0.25, -0.2) is 0 Å². The number of anilines is 1. The molecule has 0 radical (unpaired) electrons. The van der Waals surface area contributed by atoms with E-state index >= 15 is 0 Å². The van der Waals surface area contributed by atoms with Gasteiger partial charge in [-0.3, -0.25) is 38.5 Å². The Kier molecular flexibility index (Phi) is 12.9. The normalized spacial score (nSPS) is 30.5. The predicted molar refractivity (Wildman–Crippen MR) is 229 cm³/mol. The molecule has 1 heterocycles. The quantitative estimate of drug-likeness (QED) is 0.143. The molecule has 10 atom stereocenters. The molecule has 0 spiro atoms. The fourth-order valence-corrected chi connectivity index (χ4v) is 11.1. The van der Waals surface area contributed by atoms with Gasteiger partial charge in [0.15, 0.2) is 17.2 Å². The van der Waals surface area contributed by atoms with Crippen molar-refractivity contribution in [3.63, 3.8) is 0 Å². The molecule has 0 bridgehead atoms. The van der Waals surface area contributed by atoms with Gasteiger partial charge >= 0.3 is 0 Å². The topological polar surface area (TPSA) is 229 Å². The van der Waals surface area contributed by atoms with E-state index in [1.54, 1.807) is 24.3 Å². The highest BCUT2D eigenvalue weighted by Gasteiger charge is 2.72. The number of aliphatic hydroxyl groups excluding tert-OH is 3. The molecule has 1 aliphatic heterocycles. The van der Waals surface area contributed by atoms with Gasteiger partial charge in [-0.15, -0.1) is 0 Å². The fourth-order valence-electron chi connectivity index (χ4n) is 11.1. The average molecular weight is 865 g/mol. The number of fused-ring (bicyclic) bond motifs is 5. The number of hydrogen-bond donors (Lipinski definition) is 6. The lowest BCUT2D eigenvalue weighted by molar-refractivity contribution is -0.211. The molecular weight excluding hydrogens is 809 g/mol. The largest absolute Gasteiger partial charge is 0.393 e. The number of hydrogen-bond acceptors (Lipinski definition) is 11. The van der Waals surface area contributed by atoms with Crippen LogP contribution in [-0.2, 0) is 51.3 Å². The number of ether oxygens (including phenoxy) is 1. The van der Waals surface area contributed by atoms with Gasteiger partial charge in [-0.2, -0.15) is 0 Å². The third kappa shape index (κ3) is 8.59. The number of aliphatic hydroxyl groups is 3. The highest BCUT2D eigenvalue weighted by Crippen LogP contribution is 2.68. The van der Waals surface area contributed by atoms with E-state index in [4.69, 9.17) is 4.74 Å². The van der Waals surface area contributed by atoms with E-state index < -0.39 is 82.6 Å². The van der Waals surface area contributed by atoms with E-state index in [0.29, 0.717) is 24.9 Å². The molecule has 6 N–H and O–H groups in total. The SMILES string of the molecule is C[C@H](NC(=O)CCN1C(=O)C=CC1=O)C(=O)N[C@@H](C)C(=O)Nc1cccc(Cc2ccc(CO[C@]3(C(=O)CO)[C@H](O)C[C@H]4[C@@H]5CCC6=CC(=O)C=C[C@]6(C)[C@H]5[C@@H](O)C[C@@]43C)cc2)c1. The van der Waals surface area contributed by atoms with Crippen molar-refractivity contribution in [1.29, 1.82) is 0 Å². The zero-order valence-electron chi connectivity index (χ0n) is 36.0. The highest BCUT2D eigenvalue weighted by atomic mass is 16.5. The molecule has 4 aliphatic carbocycles. The summed E-state index contributed by atoms with van der Waals surface area (Å²) in [4.78, 5) is 88.6. The van der Waals surface area contributed by atoms with Crippen molar-refractivity contribution in [2.75, 3.05) is 18.5 Å². The van der Waals surface area contributed by atoms with Crippen LogP contribution in [0.1, 0.15) is 76.5 Å². The Bertz CT molecular complexity index is 2270. The molecule has 0 unspecified atom stereocenters. The Hall–Kier alpha value is -5.61. The zero-order chi connectivity index (χ0) is 45.4. The second-order valence-electron chi connectivity index (χ2n) is 18.2. The van der Waals surface area contributed by atoms with Crippen molar-refractivity contribution < 1.29 is 53.6 Å². The minimum absolute atomic E-state index is 0.0204. The van der Waals surface area contributed by atoms with Gasteiger partial charge in [0.25, 0.3) is 11.8 Å². The lowest BCUT2D eigenvalue weighted by atomic mass is 9.46. The lowest BCUT2D eigenvalue weighted by Gasteiger charge is -2.60. The third-order valence-corrected chi connectivity index (χ3v) is 14.3. The van der Waals surface area contributed by atoms with Crippen LogP contribution in [0.5, 0.6) is 0 Å². The van der Waals surface area contributed by atoms with E-state index in [1.807, 2.05) is 49.4 Å². The van der Waals surface area contributed by atoms with E-state index in [2.05, 4.69) is 22.9 Å². The first-order chi connectivity index (χ1) is 29.9. The molecule has 5 amide bonds. The Morgan fingerprint density at radius 3 is 2.27 bits per heavy atom. The summed E-state index contributed by atoms with van der Waals surface area (Å²) in [6.45, 7) is 5.97. The monoisotopic (exact) mass is 864 g/mol. The second kappa shape index (κ2) is 17.9. The number of ketones is 2. The number of nitrogens with one attached hydrogen (secondary N) is 3. The summed E-state index contributed by atoms with van der Waals surface area (Å²) >= 11 is 0. The maximum atomic E-state index is 13.8. The summed E-state index contributed by atoms with van der Waals surface area (Å²) in [6.07, 6.45) is 7.55. The van der Waals surface area contributed by atoms with Crippen LogP contribution in [0.15, 0.2) is 84.5 Å². The standard InChI is InChI=1S/C48H56N4O11/c1-27(49-40(58)17-19-52-41(59)14-15-42(52)60)44(61)50-28(2)45(62)51-33-7-5-6-31(21-33)20-29-8-10-30(11-9-29)26-63-48(39(57)25-53)38(56)23-36-35-13-12-32-22-34(54)16-18-46(32,3)43(35)37(55)24-47(36,48)4/h5-11,14-16,18,21-22,27-28,35-38,43,53,55-56H,12-13,17,19-20,23-26H2,1-4H3,(H,49,58)(H,50,61)(H,51,62)/t27-,28-,35-,36-,37-,38+,43+,46-,47-,48-/m0/s1. The van der Waals surface area contributed by atoms with E-state index in [-0.39, 0.29) is 56.0 Å². The number of rotatable bonds is 15. The summed E-state index contributed by atoms with van der Waals surface area (Å²) in [5, 5.41) is 41.9. The van der Waals surface area contributed by atoms with Crippen LogP contribution in [0, 0.1) is 28.6 Å². The lowest BCUT2D eigenvalue weighted by Crippen LogP contribution is -2.64. The molecule has 63 heavy (non-hydrogen) atoms. The third-order valence-electron chi connectivity index (χ3n) is 14.3. The van der Waals surface area contributed by atoms with Gasteiger partial charge < -0.3 is 36.0 Å².